The van der Waals surface area contributed by atoms with Crippen molar-refractivity contribution in [1.82, 2.24) is 9.47 Å². The first-order chi connectivity index (χ1) is 9.08. The summed E-state index contributed by atoms with van der Waals surface area (Å²) in [4.78, 5) is 14.4. The molecule has 1 aliphatic carbocycles. The molecule has 1 atom stereocenters. The van der Waals surface area contributed by atoms with Gasteiger partial charge in [0.05, 0.1) is 0 Å². The quantitative estimate of drug-likeness (QED) is 0.814. The number of nitrogens with zero attached hydrogens (tertiary/aromatic N) is 2. The Morgan fingerprint density at radius 3 is 2.63 bits per heavy atom. The molecule has 0 spiro atoms. The van der Waals surface area contributed by atoms with Crippen molar-refractivity contribution >= 4 is 5.78 Å². The average Bonchev–Trinajstić information content (AvgIpc) is 2.73. The van der Waals surface area contributed by atoms with Gasteiger partial charge in [-0.25, -0.2) is 0 Å². The SMILES string of the molecule is CCN(CC)CC(C)n1c(C)cc2c1CCCC2=O. The van der Waals surface area contributed by atoms with Gasteiger partial charge in [0.2, 0.25) is 0 Å². The first-order valence-electron chi connectivity index (χ1n) is 7.54. The number of carbonyl (C=O) groups excluding carboxylic acids is 1. The lowest BCUT2D eigenvalue weighted by Crippen LogP contribution is -2.30. The standard InChI is InChI=1S/C16H26N2O/c1-5-17(6-2)11-13(4)18-12(3)10-14-15(18)8-7-9-16(14)19/h10,13H,5-9,11H2,1-4H3. The lowest BCUT2D eigenvalue weighted by molar-refractivity contribution is 0.0971. The van der Waals surface area contributed by atoms with E-state index >= 15 is 0 Å². The Balaban J connectivity index is 2.27. The van der Waals surface area contributed by atoms with Gasteiger partial charge in [0, 0.05) is 36.0 Å². The van der Waals surface area contributed by atoms with E-state index in [2.05, 4.69) is 43.2 Å². The molecular formula is C16H26N2O. The second-order valence-electron chi connectivity index (χ2n) is 5.63. The number of rotatable bonds is 5. The molecule has 1 aliphatic rings. The summed E-state index contributed by atoms with van der Waals surface area (Å²) in [5.41, 5.74) is 3.49. The highest BCUT2D eigenvalue weighted by Gasteiger charge is 2.24. The van der Waals surface area contributed by atoms with E-state index < -0.39 is 0 Å². The van der Waals surface area contributed by atoms with Crippen LogP contribution in [0.3, 0.4) is 0 Å². The van der Waals surface area contributed by atoms with E-state index in [1.807, 2.05) is 0 Å². The van der Waals surface area contributed by atoms with Crippen LogP contribution in [0.25, 0.3) is 0 Å². The van der Waals surface area contributed by atoms with Crippen LogP contribution >= 0.6 is 0 Å². The molecule has 2 rings (SSSR count). The highest BCUT2D eigenvalue weighted by atomic mass is 16.1. The lowest BCUT2D eigenvalue weighted by Gasteiger charge is -2.27. The summed E-state index contributed by atoms with van der Waals surface area (Å²) < 4.78 is 2.39. The van der Waals surface area contributed by atoms with Gasteiger partial charge in [0.25, 0.3) is 0 Å². The molecule has 0 saturated heterocycles. The fourth-order valence-corrected chi connectivity index (χ4v) is 3.30. The summed E-state index contributed by atoms with van der Waals surface area (Å²) in [7, 11) is 0. The number of Topliss-reactive ketones (excluding diaryl/α,β-unsaturated/α-hetero) is 1. The average molecular weight is 262 g/mol. The van der Waals surface area contributed by atoms with Gasteiger partial charge in [0.1, 0.15) is 0 Å². The molecule has 0 N–H and O–H groups in total. The third kappa shape index (κ3) is 2.76. The fraction of sp³-hybridized carbons (Fsp3) is 0.688. The molecule has 106 valence electrons. The zero-order valence-corrected chi connectivity index (χ0v) is 12.7. The molecule has 1 aromatic heterocycles. The number of likely N-dealkylation sites (N-methyl/N-ethyl adjacent to an activating group) is 1. The number of aryl methyl sites for hydroxylation is 1. The molecule has 0 radical (unpaired) electrons. The minimum atomic E-state index is 0.332. The summed E-state index contributed by atoms with van der Waals surface area (Å²) >= 11 is 0. The molecular weight excluding hydrogens is 236 g/mol. The van der Waals surface area contributed by atoms with Crippen LogP contribution in [-0.2, 0) is 6.42 Å². The van der Waals surface area contributed by atoms with Crippen LogP contribution in [0.15, 0.2) is 6.07 Å². The highest BCUT2D eigenvalue weighted by molar-refractivity contribution is 5.98. The smallest absolute Gasteiger partial charge is 0.164 e. The van der Waals surface area contributed by atoms with E-state index in [1.54, 1.807) is 0 Å². The number of carbonyl (C=O) groups is 1. The summed E-state index contributed by atoms with van der Waals surface area (Å²) in [5, 5.41) is 0. The second-order valence-corrected chi connectivity index (χ2v) is 5.63. The van der Waals surface area contributed by atoms with E-state index in [9.17, 15) is 4.79 Å². The maximum atomic E-state index is 12.0. The molecule has 0 aromatic carbocycles. The topological polar surface area (TPSA) is 25.2 Å². The first-order valence-corrected chi connectivity index (χ1v) is 7.54. The van der Waals surface area contributed by atoms with Gasteiger partial charge < -0.3 is 9.47 Å². The molecule has 0 bridgehead atoms. The van der Waals surface area contributed by atoms with Gasteiger partial charge in [-0.05, 0) is 45.8 Å². The van der Waals surface area contributed by atoms with Crippen molar-refractivity contribution in [3.63, 3.8) is 0 Å². The largest absolute Gasteiger partial charge is 0.344 e. The number of fused-ring (bicyclic) bond motifs is 1. The number of hydrogen-bond acceptors (Lipinski definition) is 2. The maximum absolute atomic E-state index is 12.0. The Kier molecular flexibility index (Phi) is 4.46. The third-order valence-electron chi connectivity index (χ3n) is 4.31. The van der Waals surface area contributed by atoms with E-state index in [1.165, 1.54) is 11.4 Å². The van der Waals surface area contributed by atoms with E-state index in [4.69, 9.17) is 0 Å². The zero-order chi connectivity index (χ0) is 14.0. The highest BCUT2D eigenvalue weighted by Crippen LogP contribution is 2.28. The molecule has 0 saturated carbocycles. The third-order valence-corrected chi connectivity index (χ3v) is 4.31. The van der Waals surface area contributed by atoms with Crippen molar-refractivity contribution in [2.24, 2.45) is 0 Å². The second kappa shape index (κ2) is 5.91. The summed E-state index contributed by atoms with van der Waals surface area (Å²) in [6.07, 6.45) is 2.78. The van der Waals surface area contributed by atoms with Crippen LogP contribution < -0.4 is 0 Å². The van der Waals surface area contributed by atoms with Crippen LogP contribution in [0.2, 0.25) is 0 Å². The van der Waals surface area contributed by atoms with Crippen LogP contribution in [0.4, 0.5) is 0 Å². The molecule has 3 nitrogen and oxygen atoms in total. The van der Waals surface area contributed by atoms with Gasteiger partial charge >= 0.3 is 0 Å². The van der Waals surface area contributed by atoms with Gasteiger partial charge in [-0.15, -0.1) is 0 Å². The molecule has 0 aliphatic heterocycles. The Morgan fingerprint density at radius 2 is 2.00 bits per heavy atom. The van der Waals surface area contributed by atoms with Crippen LogP contribution in [0, 0.1) is 6.92 Å². The Morgan fingerprint density at radius 1 is 1.32 bits per heavy atom. The van der Waals surface area contributed by atoms with Gasteiger partial charge in [-0.3, -0.25) is 4.79 Å². The van der Waals surface area contributed by atoms with Gasteiger partial charge in [-0.2, -0.15) is 0 Å². The van der Waals surface area contributed by atoms with E-state index in [-0.39, 0.29) is 0 Å². The van der Waals surface area contributed by atoms with Crippen molar-refractivity contribution in [3.8, 4) is 0 Å². The normalized spacial score (nSPS) is 16.8. The van der Waals surface area contributed by atoms with E-state index in [0.29, 0.717) is 11.8 Å². The zero-order valence-electron chi connectivity index (χ0n) is 12.7. The molecule has 0 fully saturated rings. The number of ketones is 1. The van der Waals surface area contributed by atoms with Crippen LogP contribution in [-0.4, -0.2) is 34.9 Å². The molecule has 1 unspecified atom stereocenters. The van der Waals surface area contributed by atoms with Gasteiger partial charge in [0.15, 0.2) is 5.78 Å². The number of aromatic nitrogens is 1. The monoisotopic (exact) mass is 262 g/mol. The minimum absolute atomic E-state index is 0.332. The molecule has 1 heterocycles. The summed E-state index contributed by atoms with van der Waals surface area (Å²) in [5.74, 6) is 0.332. The minimum Gasteiger partial charge on any atom is -0.344 e. The Hall–Kier alpha value is -1.09. The number of hydrogen-bond donors (Lipinski definition) is 0. The van der Waals surface area contributed by atoms with Crippen molar-refractivity contribution in [2.45, 2.75) is 53.0 Å². The van der Waals surface area contributed by atoms with Gasteiger partial charge in [-0.1, -0.05) is 13.8 Å². The molecule has 19 heavy (non-hydrogen) atoms. The van der Waals surface area contributed by atoms with Crippen molar-refractivity contribution in [3.05, 3.63) is 23.0 Å². The molecule has 0 amide bonds. The van der Waals surface area contributed by atoms with Crippen molar-refractivity contribution < 1.29 is 4.79 Å². The van der Waals surface area contributed by atoms with E-state index in [0.717, 1.165) is 44.5 Å². The first kappa shape index (κ1) is 14.3. The Labute approximate surface area is 116 Å². The summed E-state index contributed by atoms with van der Waals surface area (Å²) in [6, 6.07) is 2.53. The van der Waals surface area contributed by atoms with Crippen LogP contribution in [0.5, 0.6) is 0 Å². The maximum Gasteiger partial charge on any atom is 0.164 e. The lowest BCUT2D eigenvalue weighted by atomic mass is 9.96. The van der Waals surface area contributed by atoms with Crippen LogP contribution in [0.1, 0.15) is 61.4 Å². The van der Waals surface area contributed by atoms with Crippen molar-refractivity contribution in [2.75, 3.05) is 19.6 Å². The fourth-order valence-electron chi connectivity index (χ4n) is 3.30. The predicted molar refractivity (Wildman–Crippen MR) is 78.9 cm³/mol. The predicted octanol–water partition coefficient (Wildman–Crippen LogP) is 3.22. The summed E-state index contributed by atoms with van der Waals surface area (Å²) in [6.45, 7) is 12.0. The molecule has 1 aromatic rings. The van der Waals surface area contributed by atoms with Crippen molar-refractivity contribution in [1.29, 1.82) is 0 Å². The Bertz CT molecular complexity index is 458. The molecule has 3 heteroatoms.